The van der Waals surface area contributed by atoms with E-state index >= 15 is 0 Å². The van der Waals surface area contributed by atoms with Gasteiger partial charge in [-0.1, -0.05) is 24.3 Å². The number of benzene rings is 2. The van der Waals surface area contributed by atoms with E-state index in [4.69, 9.17) is 5.73 Å². The molecular weight excluding hydrogens is 338 g/mol. The zero-order valence-electron chi connectivity index (χ0n) is 12.7. The zero-order chi connectivity index (χ0) is 16.2. The first-order valence-electron chi connectivity index (χ1n) is 6.95. The maximum absolute atomic E-state index is 12.4. The molecule has 1 amide bonds. The van der Waals surface area contributed by atoms with Gasteiger partial charge < -0.3 is 11.1 Å². The number of carbonyl (C=O) groups is 1. The van der Waals surface area contributed by atoms with E-state index in [0.717, 1.165) is 0 Å². The van der Waals surface area contributed by atoms with Crippen LogP contribution in [0, 0.1) is 0 Å². The predicted molar refractivity (Wildman–Crippen MR) is 94.4 cm³/mol. The van der Waals surface area contributed by atoms with Crippen molar-refractivity contribution in [3.63, 3.8) is 0 Å². The molecule has 23 heavy (non-hydrogen) atoms. The topological polar surface area (TPSA) is 101 Å². The van der Waals surface area contributed by atoms with Gasteiger partial charge in [0, 0.05) is 29.9 Å². The number of nitrogens with two attached hydrogens (primary N) is 1. The molecule has 2 aromatic carbocycles. The average Bonchev–Trinajstić information content (AvgIpc) is 2.47. The SMILES string of the molecule is CC(=O)Nc1ccc(S(=O)(=O)NCCCN)c2ccccc12.Cl. The van der Waals surface area contributed by atoms with Crippen molar-refractivity contribution in [2.24, 2.45) is 5.73 Å². The number of hydrogen-bond donors (Lipinski definition) is 3. The number of amides is 1. The van der Waals surface area contributed by atoms with E-state index in [1.807, 2.05) is 0 Å². The molecule has 0 heterocycles. The second kappa shape index (κ2) is 8.26. The van der Waals surface area contributed by atoms with Gasteiger partial charge in [-0.3, -0.25) is 4.79 Å². The Labute approximate surface area is 141 Å². The lowest BCUT2D eigenvalue weighted by atomic mass is 10.1. The van der Waals surface area contributed by atoms with Crippen molar-refractivity contribution in [2.75, 3.05) is 18.4 Å². The van der Waals surface area contributed by atoms with E-state index in [-0.39, 0.29) is 23.2 Å². The van der Waals surface area contributed by atoms with Crippen LogP contribution in [0.1, 0.15) is 13.3 Å². The van der Waals surface area contributed by atoms with E-state index in [1.54, 1.807) is 30.3 Å². The fourth-order valence-electron chi connectivity index (χ4n) is 2.19. The van der Waals surface area contributed by atoms with Gasteiger partial charge in [0.25, 0.3) is 0 Å². The minimum Gasteiger partial charge on any atom is -0.330 e. The van der Waals surface area contributed by atoms with Crippen LogP contribution < -0.4 is 15.8 Å². The van der Waals surface area contributed by atoms with Crippen LogP contribution in [0.3, 0.4) is 0 Å². The van der Waals surface area contributed by atoms with Crippen molar-refractivity contribution in [1.82, 2.24) is 4.72 Å². The second-order valence-corrected chi connectivity index (χ2v) is 6.61. The van der Waals surface area contributed by atoms with Gasteiger partial charge in [-0.25, -0.2) is 13.1 Å². The van der Waals surface area contributed by atoms with Gasteiger partial charge in [0.05, 0.1) is 4.90 Å². The molecule has 0 saturated heterocycles. The smallest absolute Gasteiger partial charge is 0.241 e. The third kappa shape index (κ3) is 4.65. The number of nitrogens with one attached hydrogen (secondary N) is 2. The lowest BCUT2D eigenvalue weighted by molar-refractivity contribution is -0.114. The van der Waals surface area contributed by atoms with E-state index < -0.39 is 10.0 Å². The Kier molecular flexibility index (Phi) is 6.96. The lowest BCUT2D eigenvalue weighted by Gasteiger charge is -2.12. The standard InChI is InChI=1S/C15H19N3O3S.ClH/c1-11(19)18-14-7-8-15(13-6-3-2-5-12(13)14)22(20,21)17-10-4-9-16;/h2-3,5-8,17H,4,9-10,16H2,1H3,(H,18,19);1H. The maximum atomic E-state index is 12.4. The number of rotatable bonds is 6. The highest BCUT2D eigenvalue weighted by Gasteiger charge is 2.18. The first-order valence-corrected chi connectivity index (χ1v) is 8.43. The minimum absolute atomic E-state index is 0. The molecule has 0 bridgehead atoms. The number of halogens is 1. The molecule has 0 unspecified atom stereocenters. The molecule has 0 spiro atoms. The van der Waals surface area contributed by atoms with Gasteiger partial charge in [0.15, 0.2) is 0 Å². The average molecular weight is 358 g/mol. The maximum Gasteiger partial charge on any atom is 0.241 e. The molecular formula is C15H20ClN3O3S. The summed E-state index contributed by atoms with van der Waals surface area (Å²) in [7, 11) is -3.62. The molecule has 126 valence electrons. The summed E-state index contributed by atoms with van der Waals surface area (Å²) >= 11 is 0. The summed E-state index contributed by atoms with van der Waals surface area (Å²) in [4.78, 5) is 11.4. The van der Waals surface area contributed by atoms with E-state index in [9.17, 15) is 13.2 Å². The molecule has 6 nitrogen and oxygen atoms in total. The molecule has 0 saturated carbocycles. The van der Waals surface area contributed by atoms with E-state index in [1.165, 1.54) is 13.0 Å². The van der Waals surface area contributed by atoms with Crippen LogP contribution in [0.4, 0.5) is 5.69 Å². The summed E-state index contributed by atoms with van der Waals surface area (Å²) in [6, 6.07) is 10.2. The van der Waals surface area contributed by atoms with Crippen LogP contribution in [-0.2, 0) is 14.8 Å². The monoisotopic (exact) mass is 357 g/mol. The van der Waals surface area contributed by atoms with Gasteiger partial charge >= 0.3 is 0 Å². The molecule has 0 fully saturated rings. The molecule has 0 aliphatic carbocycles. The summed E-state index contributed by atoms with van der Waals surface area (Å²) in [5, 5.41) is 3.95. The lowest BCUT2D eigenvalue weighted by Crippen LogP contribution is -2.26. The highest BCUT2D eigenvalue weighted by atomic mass is 35.5. The Balaban J connectivity index is 0.00000264. The Morgan fingerprint density at radius 2 is 1.78 bits per heavy atom. The van der Waals surface area contributed by atoms with E-state index in [2.05, 4.69) is 10.0 Å². The summed E-state index contributed by atoms with van der Waals surface area (Å²) < 4.78 is 27.4. The molecule has 4 N–H and O–H groups in total. The summed E-state index contributed by atoms with van der Waals surface area (Å²) in [5.41, 5.74) is 5.97. The van der Waals surface area contributed by atoms with Crippen LogP contribution >= 0.6 is 12.4 Å². The van der Waals surface area contributed by atoms with Crippen molar-refractivity contribution >= 4 is 44.8 Å². The van der Waals surface area contributed by atoms with Gasteiger partial charge in [0.2, 0.25) is 15.9 Å². The number of hydrogen-bond acceptors (Lipinski definition) is 4. The summed E-state index contributed by atoms with van der Waals surface area (Å²) in [6.07, 6.45) is 0.571. The number of sulfonamides is 1. The van der Waals surface area contributed by atoms with Crippen molar-refractivity contribution in [3.8, 4) is 0 Å². The Hall–Kier alpha value is -1.67. The van der Waals surface area contributed by atoms with Crippen molar-refractivity contribution in [3.05, 3.63) is 36.4 Å². The number of anilines is 1. The number of fused-ring (bicyclic) bond motifs is 1. The first kappa shape index (κ1) is 19.4. The molecule has 2 aromatic rings. The third-order valence-electron chi connectivity index (χ3n) is 3.16. The molecule has 2 rings (SSSR count). The second-order valence-electron chi connectivity index (χ2n) is 4.88. The largest absolute Gasteiger partial charge is 0.330 e. The molecule has 0 aliphatic heterocycles. The fourth-order valence-corrected chi connectivity index (χ4v) is 3.47. The third-order valence-corrected chi connectivity index (χ3v) is 4.68. The normalized spacial score (nSPS) is 11.0. The van der Waals surface area contributed by atoms with Crippen LogP contribution in [0.5, 0.6) is 0 Å². The quantitative estimate of drug-likeness (QED) is 0.686. The summed E-state index contributed by atoms with van der Waals surface area (Å²) in [6.45, 7) is 2.12. The van der Waals surface area contributed by atoms with E-state index in [0.29, 0.717) is 36.0 Å². The molecule has 0 atom stereocenters. The van der Waals surface area contributed by atoms with Crippen LogP contribution in [0.25, 0.3) is 10.8 Å². The van der Waals surface area contributed by atoms with Crippen LogP contribution in [0.2, 0.25) is 0 Å². The highest BCUT2D eigenvalue weighted by molar-refractivity contribution is 7.89. The first-order chi connectivity index (χ1) is 10.5. The van der Waals surface area contributed by atoms with Gasteiger partial charge in [-0.05, 0) is 25.1 Å². The van der Waals surface area contributed by atoms with Gasteiger partial charge in [-0.15, -0.1) is 12.4 Å². The fraction of sp³-hybridized carbons (Fsp3) is 0.267. The zero-order valence-corrected chi connectivity index (χ0v) is 14.3. The molecule has 8 heteroatoms. The minimum atomic E-state index is -3.62. The number of carbonyl (C=O) groups excluding carboxylic acids is 1. The Morgan fingerprint density at radius 1 is 1.13 bits per heavy atom. The van der Waals surface area contributed by atoms with Crippen molar-refractivity contribution in [2.45, 2.75) is 18.2 Å². The molecule has 0 aromatic heterocycles. The predicted octanol–water partition coefficient (Wildman–Crippen LogP) is 1.85. The highest BCUT2D eigenvalue weighted by Crippen LogP contribution is 2.29. The van der Waals surface area contributed by atoms with Gasteiger partial charge in [0.1, 0.15) is 0 Å². The Bertz CT molecular complexity index is 794. The molecule has 0 aliphatic rings. The van der Waals surface area contributed by atoms with Gasteiger partial charge in [-0.2, -0.15) is 0 Å². The van der Waals surface area contributed by atoms with Crippen molar-refractivity contribution < 1.29 is 13.2 Å². The Morgan fingerprint density at radius 3 is 2.39 bits per heavy atom. The van der Waals surface area contributed by atoms with Crippen LogP contribution in [-0.4, -0.2) is 27.4 Å². The van der Waals surface area contributed by atoms with Crippen molar-refractivity contribution in [1.29, 1.82) is 0 Å². The summed E-state index contributed by atoms with van der Waals surface area (Å²) in [5.74, 6) is -0.207. The molecule has 0 radical (unpaired) electrons. The van der Waals surface area contributed by atoms with Crippen LogP contribution in [0.15, 0.2) is 41.3 Å².